The minimum Gasteiger partial charge on any atom is -0.455 e. The quantitative estimate of drug-likeness (QED) is 0.163. The molecule has 1 unspecified atom stereocenters. The highest BCUT2D eigenvalue weighted by atomic mass is 79.9. The first-order valence-electron chi connectivity index (χ1n) is 17.2. The maximum absolute atomic E-state index is 14.9. The highest BCUT2D eigenvalue weighted by Crippen LogP contribution is 2.61. The van der Waals surface area contributed by atoms with Crippen LogP contribution >= 0.6 is 15.9 Å². The molecular weight excluding hydrogens is 702 g/mol. The molecule has 3 aliphatic rings. The Morgan fingerprint density at radius 1 is 1.14 bits per heavy atom. The van der Waals surface area contributed by atoms with E-state index >= 15 is 0 Å². The van der Waals surface area contributed by atoms with Gasteiger partial charge >= 0.3 is 5.97 Å². The Balaban J connectivity index is 1.54. The Bertz CT molecular complexity index is 1630. The molecule has 9 atom stereocenters. The number of aliphatic hydroxyl groups is 1. The Hall–Kier alpha value is -3.80. The lowest BCUT2D eigenvalue weighted by molar-refractivity contribution is -0.165. The van der Waals surface area contributed by atoms with Crippen molar-refractivity contribution in [2.24, 2.45) is 11.8 Å². The molecule has 10 nitrogen and oxygen atoms in total. The van der Waals surface area contributed by atoms with E-state index < -0.39 is 59.6 Å². The van der Waals surface area contributed by atoms with Gasteiger partial charge in [-0.05, 0) is 63.3 Å². The standard InChI is InChI=1S/C39H48BrN3O7/c1-8-10-16-30(45)41(7)26(6)33(27-14-12-11-13-15-27)49-38(48)31-32-36(46)43(25(5)22-44)35(39(32)21-28(40)34(31)50-39)37(47)42(19-9-2)29-20-23(3)17-18-24(29)4/h8-9,11-15,17-18,20,25-26,28,31-35,44H,1-2,10,16,19,21-22H2,3-7H3/t25-,26-,28?,31+,32-,33+,34+,35+,39-/m1/s1. The molecule has 0 aliphatic carbocycles. The van der Waals surface area contributed by atoms with E-state index in [4.69, 9.17) is 9.47 Å². The average Bonchev–Trinajstić information content (AvgIpc) is 3.71. The fourth-order valence-electron chi connectivity index (χ4n) is 7.90. The van der Waals surface area contributed by atoms with Crippen molar-refractivity contribution in [3.8, 4) is 0 Å². The maximum atomic E-state index is 14.9. The first-order valence-corrected chi connectivity index (χ1v) is 18.1. The Labute approximate surface area is 303 Å². The molecule has 1 spiro atoms. The Kier molecular flexibility index (Phi) is 11.4. The molecule has 3 saturated heterocycles. The summed E-state index contributed by atoms with van der Waals surface area (Å²) in [7, 11) is 1.68. The van der Waals surface area contributed by atoms with Crippen LogP contribution in [0.15, 0.2) is 73.8 Å². The number of alkyl halides is 1. The van der Waals surface area contributed by atoms with Crippen molar-refractivity contribution in [3.63, 3.8) is 0 Å². The van der Waals surface area contributed by atoms with E-state index in [9.17, 15) is 24.3 Å². The maximum Gasteiger partial charge on any atom is 0.313 e. The summed E-state index contributed by atoms with van der Waals surface area (Å²) in [6.45, 7) is 14.8. The van der Waals surface area contributed by atoms with E-state index in [1.165, 1.54) is 4.90 Å². The second-order valence-corrected chi connectivity index (χ2v) is 15.0. The van der Waals surface area contributed by atoms with E-state index in [1.54, 1.807) is 35.9 Å². The van der Waals surface area contributed by atoms with Crippen LogP contribution in [0.4, 0.5) is 5.69 Å². The van der Waals surface area contributed by atoms with Crippen molar-refractivity contribution in [2.45, 2.75) is 87.7 Å². The van der Waals surface area contributed by atoms with Crippen LogP contribution in [0, 0.1) is 25.7 Å². The molecule has 0 aromatic heterocycles. The van der Waals surface area contributed by atoms with Crippen LogP contribution < -0.4 is 4.90 Å². The number of carbonyl (C=O) groups excluding carboxylic acids is 4. The molecule has 2 aromatic carbocycles. The number of likely N-dealkylation sites (tertiary alicyclic amines) is 1. The number of hydrogen-bond acceptors (Lipinski definition) is 7. The number of benzene rings is 2. The van der Waals surface area contributed by atoms with Gasteiger partial charge in [0.05, 0.1) is 36.6 Å². The minimum absolute atomic E-state index is 0.119. The third kappa shape index (κ3) is 6.55. The van der Waals surface area contributed by atoms with Crippen molar-refractivity contribution in [3.05, 3.63) is 90.5 Å². The van der Waals surface area contributed by atoms with Gasteiger partial charge in [0.15, 0.2) is 0 Å². The summed E-state index contributed by atoms with van der Waals surface area (Å²) < 4.78 is 13.0. The molecule has 1 N–H and O–H groups in total. The van der Waals surface area contributed by atoms with E-state index in [2.05, 4.69) is 29.1 Å². The molecule has 50 heavy (non-hydrogen) atoms. The van der Waals surface area contributed by atoms with Crippen LogP contribution in [0.3, 0.4) is 0 Å². The first-order chi connectivity index (χ1) is 23.8. The first kappa shape index (κ1) is 37.5. The van der Waals surface area contributed by atoms with Crippen LogP contribution in [0.5, 0.6) is 0 Å². The van der Waals surface area contributed by atoms with Gasteiger partial charge in [-0.1, -0.05) is 70.5 Å². The third-order valence-corrected chi connectivity index (χ3v) is 11.4. The summed E-state index contributed by atoms with van der Waals surface area (Å²) in [5.74, 6) is -3.64. The van der Waals surface area contributed by atoms with E-state index in [0.717, 1.165) is 11.1 Å². The second kappa shape index (κ2) is 15.2. The molecule has 0 saturated carbocycles. The summed E-state index contributed by atoms with van der Waals surface area (Å²) in [5.41, 5.74) is 1.85. The number of aliphatic hydroxyl groups excluding tert-OH is 1. The number of anilines is 1. The fourth-order valence-corrected chi connectivity index (χ4v) is 8.84. The molecular formula is C39H48BrN3O7. The van der Waals surface area contributed by atoms with E-state index in [-0.39, 0.29) is 36.2 Å². The van der Waals surface area contributed by atoms with Crippen molar-refractivity contribution in [1.82, 2.24) is 9.80 Å². The summed E-state index contributed by atoms with van der Waals surface area (Å²) >= 11 is 3.73. The zero-order valence-corrected chi connectivity index (χ0v) is 31.0. The number of amides is 3. The number of aryl methyl sites for hydroxylation is 2. The number of esters is 1. The normalized spacial score (nSPS) is 26.9. The summed E-state index contributed by atoms with van der Waals surface area (Å²) in [6.07, 6.45) is 2.81. The van der Waals surface area contributed by atoms with Crippen molar-refractivity contribution in [1.29, 1.82) is 0 Å². The number of likely N-dealkylation sites (N-methyl/N-ethyl adjacent to an activating group) is 1. The fraction of sp³-hybridized carbons (Fsp3) is 0.487. The van der Waals surface area contributed by atoms with E-state index in [1.807, 2.05) is 69.3 Å². The van der Waals surface area contributed by atoms with Crippen LogP contribution in [-0.2, 0) is 28.7 Å². The van der Waals surface area contributed by atoms with Crippen LogP contribution in [-0.4, -0.2) is 93.5 Å². The molecule has 2 bridgehead atoms. The van der Waals surface area contributed by atoms with Gasteiger partial charge in [-0.3, -0.25) is 19.2 Å². The van der Waals surface area contributed by atoms with Gasteiger partial charge < -0.3 is 29.3 Å². The zero-order chi connectivity index (χ0) is 36.5. The second-order valence-electron chi connectivity index (χ2n) is 13.8. The molecule has 11 heteroatoms. The van der Waals surface area contributed by atoms with Crippen molar-refractivity contribution >= 4 is 45.3 Å². The largest absolute Gasteiger partial charge is 0.455 e. The topological polar surface area (TPSA) is 117 Å². The number of allylic oxidation sites excluding steroid dienone is 1. The molecule has 3 heterocycles. The van der Waals surface area contributed by atoms with Gasteiger partial charge in [0, 0.05) is 30.5 Å². The third-order valence-electron chi connectivity index (χ3n) is 10.6. The highest BCUT2D eigenvalue weighted by Gasteiger charge is 2.77. The smallest absolute Gasteiger partial charge is 0.313 e. The molecule has 3 amide bonds. The van der Waals surface area contributed by atoms with Gasteiger partial charge in [-0.2, -0.15) is 0 Å². The van der Waals surface area contributed by atoms with Crippen LogP contribution in [0.2, 0.25) is 0 Å². The Morgan fingerprint density at radius 2 is 1.84 bits per heavy atom. The predicted octanol–water partition coefficient (Wildman–Crippen LogP) is 5.05. The number of fused-ring (bicyclic) bond motifs is 1. The summed E-state index contributed by atoms with van der Waals surface area (Å²) in [5, 5.41) is 10.4. The molecule has 2 aromatic rings. The lowest BCUT2D eigenvalue weighted by Crippen LogP contribution is -2.59. The zero-order valence-electron chi connectivity index (χ0n) is 29.5. The minimum atomic E-state index is -1.36. The highest BCUT2D eigenvalue weighted by molar-refractivity contribution is 9.09. The van der Waals surface area contributed by atoms with Gasteiger partial charge in [-0.15, -0.1) is 13.2 Å². The lowest BCUT2D eigenvalue weighted by atomic mass is 9.70. The molecule has 3 aliphatic heterocycles. The number of hydrogen-bond donors (Lipinski definition) is 1. The van der Waals surface area contributed by atoms with Gasteiger partial charge in [0.25, 0.3) is 5.91 Å². The van der Waals surface area contributed by atoms with Gasteiger partial charge in [0.1, 0.15) is 17.7 Å². The van der Waals surface area contributed by atoms with Crippen LogP contribution in [0.1, 0.15) is 55.9 Å². The van der Waals surface area contributed by atoms with Crippen molar-refractivity contribution in [2.75, 3.05) is 25.1 Å². The van der Waals surface area contributed by atoms with E-state index in [0.29, 0.717) is 24.1 Å². The monoisotopic (exact) mass is 749 g/mol. The lowest BCUT2D eigenvalue weighted by Gasteiger charge is -2.39. The van der Waals surface area contributed by atoms with Crippen molar-refractivity contribution < 1.29 is 33.8 Å². The van der Waals surface area contributed by atoms with Crippen LogP contribution in [0.25, 0.3) is 0 Å². The SMILES string of the molecule is C=CCCC(=O)N(C)[C@H](C)[C@H](OC(=O)[C@@H]1[C@H]2O[C@@]3(CC2Br)[C@H](C(=O)N(CC=C)c2cc(C)ccc2C)N([C@H](C)CO)C(=O)[C@@H]13)c1ccccc1. The summed E-state index contributed by atoms with van der Waals surface area (Å²) in [4.78, 5) is 61.3. The summed E-state index contributed by atoms with van der Waals surface area (Å²) in [6, 6.07) is 12.6. The molecule has 268 valence electrons. The number of nitrogens with zero attached hydrogens (tertiary/aromatic N) is 3. The number of halogens is 1. The predicted molar refractivity (Wildman–Crippen MR) is 195 cm³/mol. The molecule has 3 fully saturated rings. The van der Waals surface area contributed by atoms with Gasteiger partial charge in [0.2, 0.25) is 11.8 Å². The molecule has 5 rings (SSSR count). The van der Waals surface area contributed by atoms with Gasteiger partial charge in [-0.25, -0.2) is 0 Å². The average molecular weight is 751 g/mol. The number of rotatable bonds is 14. The Morgan fingerprint density at radius 3 is 2.48 bits per heavy atom. The number of carbonyl (C=O) groups is 4. The number of ether oxygens (including phenoxy) is 2. The molecule has 0 radical (unpaired) electrons.